The third kappa shape index (κ3) is 4.02. The van der Waals surface area contributed by atoms with Gasteiger partial charge in [-0.3, -0.25) is 4.79 Å². The van der Waals surface area contributed by atoms with E-state index < -0.39 is 6.10 Å². The zero-order valence-electron chi connectivity index (χ0n) is 14.1. The molecule has 2 N–H and O–H groups in total. The van der Waals surface area contributed by atoms with Crippen molar-refractivity contribution in [1.29, 1.82) is 0 Å². The average molecular weight is 334 g/mol. The second-order valence-electron chi connectivity index (χ2n) is 6.67. The van der Waals surface area contributed by atoms with Gasteiger partial charge in [0.1, 0.15) is 0 Å². The fourth-order valence-corrected chi connectivity index (χ4v) is 3.60. The van der Waals surface area contributed by atoms with Gasteiger partial charge < -0.3 is 20.1 Å². The van der Waals surface area contributed by atoms with E-state index in [0.29, 0.717) is 12.8 Å². The van der Waals surface area contributed by atoms with E-state index in [9.17, 15) is 9.90 Å². The number of rotatable bonds is 4. The average Bonchev–Trinajstić information content (AvgIpc) is 2.63. The van der Waals surface area contributed by atoms with Crippen LogP contribution >= 0.6 is 0 Å². The van der Waals surface area contributed by atoms with Crippen LogP contribution in [0.2, 0.25) is 0 Å². The first-order valence-corrected chi connectivity index (χ1v) is 8.70. The zero-order valence-corrected chi connectivity index (χ0v) is 14.1. The van der Waals surface area contributed by atoms with E-state index in [1.807, 2.05) is 6.07 Å². The molecule has 1 saturated carbocycles. The van der Waals surface area contributed by atoms with Gasteiger partial charge in [-0.25, -0.2) is 9.97 Å². The largest absolute Gasteiger partial charge is 0.390 e. The molecule has 0 radical (unpaired) electrons. The van der Waals surface area contributed by atoms with E-state index in [2.05, 4.69) is 20.2 Å². The van der Waals surface area contributed by atoms with Gasteiger partial charge >= 0.3 is 0 Å². The summed E-state index contributed by atoms with van der Waals surface area (Å²) in [5, 5.41) is 13.0. The van der Waals surface area contributed by atoms with E-state index in [1.54, 1.807) is 19.5 Å². The van der Waals surface area contributed by atoms with Crippen LogP contribution < -0.4 is 10.2 Å². The van der Waals surface area contributed by atoms with Gasteiger partial charge in [0.2, 0.25) is 11.9 Å². The summed E-state index contributed by atoms with van der Waals surface area (Å²) < 4.78 is 5.29. The van der Waals surface area contributed by atoms with Gasteiger partial charge in [-0.1, -0.05) is 0 Å². The van der Waals surface area contributed by atoms with Gasteiger partial charge in [-0.05, 0) is 38.2 Å². The second kappa shape index (κ2) is 7.90. The molecule has 7 heteroatoms. The van der Waals surface area contributed by atoms with Crippen LogP contribution in [0, 0.1) is 5.92 Å². The molecule has 24 heavy (non-hydrogen) atoms. The molecule has 3 atom stereocenters. The van der Waals surface area contributed by atoms with Crippen molar-refractivity contribution in [2.45, 2.75) is 50.4 Å². The first-order chi connectivity index (χ1) is 11.7. The van der Waals surface area contributed by atoms with Gasteiger partial charge in [0, 0.05) is 44.6 Å². The first-order valence-electron chi connectivity index (χ1n) is 8.70. The Kier molecular flexibility index (Phi) is 5.63. The van der Waals surface area contributed by atoms with Gasteiger partial charge in [0.25, 0.3) is 0 Å². The standard InChI is InChI=1S/C17H26N4O3/c1-24-15-11-12(3-4-14(15)22)16(23)20-13-5-9-21(10-6-13)17-18-7-2-8-19-17/h2,7-8,12-15,22H,3-6,9-11H2,1H3,(H,20,23)/t12-,14+,15-/m1/s1. The molecule has 1 aliphatic carbocycles. The van der Waals surface area contributed by atoms with E-state index >= 15 is 0 Å². The Morgan fingerprint density at radius 2 is 1.96 bits per heavy atom. The molecule has 0 spiro atoms. The Morgan fingerprint density at radius 1 is 1.25 bits per heavy atom. The van der Waals surface area contributed by atoms with E-state index in [4.69, 9.17) is 4.74 Å². The van der Waals surface area contributed by atoms with Crippen molar-refractivity contribution in [2.75, 3.05) is 25.1 Å². The fraction of sp³-hybridized carbons (Fsp3) is 0.706. The molecule has 2 heterocycles. The normalized spacial score (nSPS) is 28.6. The van der Waals surface area contributed by atoms with Crippen LogP contribution in [-0.4, -0.2) is 59.4 Å². The SMILES string of the molecule is CO[C@@H]1C[C@H](C(=O)NC2CCN(c3ncccn3)CC2)CC[C@@H]1O. The Labute approximate surface area is 142 Å². The lowest BCUT2D eigenvalue weighted by Crippen LogP contribution is -2.48. The smallest absolute Gasteiger partial charge is 0.225 e. The molecule has 3 rings (SSSR count). The molecule has 0 bridgehead atoms. The minimum Gasteiger partial charge on any atom is -0.390 e. The number of amides is 1. The fourth-order valence-electron chi connectivity index (χ4n) is 3.60. The molecule has 2 aliphatic rings. The van der Waals surface area contributed by atoms with Gasteiger partial charge in [0.15, 0.2) is 0 Å². The summed E-state index contributed by atoms with van der Waals surface area (Å²) in [6.45, 7) is 1.69. The predicted octanol–water partition coefficient (Wildman–Crippen LogP) is 0.738. The highest BCUT2D eigenvalue weighted by molar-refractivity contribution is 5.79. The van der Waals surface area contributed by atoms with E-state index in [0.717, 1.165) is 38.3 Å². The van der Waals surface area contributed by atoms with Gasteiger partial charge in [-0.15, -0.1) is 0 Å². The number of ether oxygens (including phenoxy) is 1. The molecule has 1 saturated heterocycles. The quantitative estimate of drug-likeness (QED) is 0.844. The maximum atomic E-state index is 12.5. The molecular formula is C17H26N4O3. The number of aromatic nitrogens is 2. The maximum Gasteiger partial charge on any atom is 0.225 e. The molecule has 7 nitrogen and oxygen atoms in total. The Hall–Kier alpha value is -1.73. The van der Waals surface area contributed by atoms with Crippen molar-refractivity contribution in [2.24, 2.45) is 5.92 Å². The molecule has 0 aromatic carbocycles. The lowest BCUT2D eigenvalue weighted by molar-refractivity contribution is -0.131. The van der Waals surface area contributed by atoms with Crippen molar-refractivity contribution in [3.05, 3.63) is 18.5 Å². The van der Waals surface area contributed by atoms with Crippen molar-refractivity contribution in [3.8, 4) is 0 Å². The Morgan fingerprint density at radius 3 is 2.62 bits per heavy atom. The van der Waals surface area contributed by atoms with Crippen molar-refractivity contribution >= 4 is 11.9 Å². The summed E-state index contributed by atoms with van der Waals surface area (Å²) in [6, 6.07) is 2.01. The predicted molar refractivity (Wildman–Crippen MR) is 89.6 cm³/mol. The summed E-state index contributed by atoms with van der Waals surface area (Å²) in [5.74, 6) is 0.790. The number of nitrogens with one attached hydrogen (secondary N) is 1. The number of piperidine rings is 1. The summed E-state index contributed by atoms with van der Waals surface area (Å²) in [4.78, 5) is 23.2. The van der Waals surface area contributed by atoms with Gasteiger partial charge in [-0.2, -0.15) is 0 Å². The van der Waals surface area contributed by atoms with Crippen LogP contribution in [0.5, 0.6) is 0 Å². The third-order valence-corrected chi connectivity index (χ3v) is 5.11. The molecular weight excluding hydrogens is 308 g/mol. The molecule has 1 amide bonds. The topological polar surface area (TPSA) is 87.6 Å². The molecule has 0 unspecified atom stereocenters. The van der Waals surface area contributed by atoms with Crippen LogP contribution in [0.4, 0.5) is 5.95 Å². The summed E-state index contributed by atoms with van der Waals surface area (Å²) in [6.07, 6.45) is 6.56. The molecule has 132 valence electrons. The van der Waals surface area contributed by atoms with Crippen LogP contribution in [0.3, 0.4) is 0 Å². The number of nitrogens with zero attached hydrogens (tertiary/aromatic N) is 3. The monoisotopic (exact) mass is 334 g/mol. The lowest BCUT2D eigenvalue weighted by atomic mass is 9.84. The molecule has 1 aliphatic heterocycles. The lowest BCUT2D eigenvalue weighted by Gasteiger charge is -2.35. The highest BCUT2D eigenvalue weighted by Gasteiger charge is 2.34. The number of aliphatic hydroxyl groups is 1. The zero-order chi connectivity index (χ0) is 16.9. The summed E-state index contributed by atoms with van der Waals surface area (Å²) >= 11 is 0. The Bertz CT molecular complexity index is 534. The Balaban J connectivity index is 1.47. The summed E-state index contributed by atoms with van der Waals surface area (Å²) in [7, 11) is 1.59. The second-order valence-corrected chi connectivity index (χ2v) is 6.67. The minimum absolute atomic E-state index is 0.0613. The number of hydrogen-bond donors (Lipinski definition) is 2. The molecule has 1 aromatic rings. The molecule has 2 fully saturated rings. The van der Waals surface area contributed by atoms with Crippen LogP contribution in [0.25, 0.3) is 0 Å². The van der Waals surface area contributed by atoms with Crippen LogP contribution in [0.15, 0.2) is 18.5 Å². The minimum atomic E-state index is -0.451. The number of anilines is 1. The number of aliphatic hydroxyl groups excluding tert-OH is 1. The summed E-state index contributed by atoms with van der Waals surface area (Å²) in [5.41, 5.74) is 0. The number of hydrogen-bond acceptors (Lipinski definition) is 6. The first kappa shape index (κ1) is 17.1. The molecule has 1 aromatic heterocycles. The number of carbonyl (C=O) groups is 1. The van der Waals surface area contributed by atoms with Crippen LogP contribution in [0.1, 0.15) is 32.1 Å². The highest BCUT2D eigenvalue weighted by Crippen LogP contribution is 2.27. The van der Waals surface area contributed by atoms with E-state index in [-0.39, 0.29) is 24.0 Å². The number of carbonyl (C=O) groups excluding carboxylic acids is 1. The van der Waals surface area contributed by atoms with Crippen molar-refractivity contribution in [1.82, 2.24) is 15.3 Å². The van der Waals surface area contributed by atoms with Crippen molar-refractivity contribution < 1.29 is 14.6 Å². The maximum absolute atomic E-state index is 12.5. The van der Waals surface area contributed by atoms with Crippen LogP contribution in [-0.2, 0) is 9.53 Å². The van der Waals surface area contributed by atoms with Gasteiger partial charge in [0.05, 0.1) is 12.2 Å². The third-order valence-electron chi connectivity index (χ3n) is 5.11. The highest BCUT2D eigenvalue weighted by atomic mass is 16.5. The van der Waals surface area contributed by atoms with Crippen molar-refractivity contribution in [3.63, 3.8) is 0 Å². The number of methoxy groups -OCH3 is 1. The van der Waals surface area contributed by atoms with E-state index in [1.165, 1.54) is 0 Å².